The van der Waals surface area contributed by atoms with Gasteiger partial charge >= 0.3 is 0 Å². The van der Waals surface area contributed by atoms with E-state index in [9.17, 15) is 9.59 Å². The van der Waals surface area contributed by atoms with Crippen molar-refractivity contribution in [2.24, 2.45) is 16.7 Å². The maximum atomic E-state index is 13.1. The van der Waals surface area contributed by atoms with Crippen LogP contribution in [0.4, 0.5) is 0 Å². The maximum absolute atomic E-state index is 13.1. The number of amides is 2. The van der Waals surface area contributed by atoms with E-state index < -0.39 is 0 Å². The van der Waals surface area contributed by atoms with Crippen LogP contribution in [-0.2, 0) is 4.79 Å². The van der Waals surface area contributed by atoms with Gasteiger partial charge in [-0.25, -0.2) is 0 Å². The van der Waals surface area contributed by atoms with E-state index in [1.807, 2.05) is 31.1 Å². The molecule has 2 saturated heterocycles. The van der Waals surface area contributed by atoms with Crippen molar-refractivity contribution < 1.29 is 9.59 Å². The Hall–Kier alpha value is -1.95. The lowest BCUT2D eigenvalue weighted by Crippen LogP contribution is -2.49. The normalized spacial score (nSPS) is 29.7. The van der Waals surface area contributed by atoms with Gasteiger partial charge in [-0.15, -0.1) is 0 Å². The minimum absolute atomic E-state index is 0.0788. The second-order valence-electron chi connectivity index (χ2n) is 9.00. The Morgan fingerprint density at radius 1 is 1.19 bits per heavy atom. The van der Waals surface area contributed by atoms with Gasteiger partial charge in [0.2, 0.25) is 5.91 Å². The fourth-order valence-electron chi connectivity index (χ4n) is 6.02. The molecule has 146 valence electrons. The van der Waals surface area contributed by atoms with Crippen LogP contribution in [0.25, 0.3) is 0 Å². The molecule has 0 radical (unpaired) electrons. The summed E-state index contributed by atoms with van der Waals surface area (Å²) in [6, 6.07) is 3.65. The molecule has 0 N–H and O–H groups in total. The van der Waals surface area contributed by atoms with Crippen LogP contribution in [0.2, 0.25) is 0 Å². The van der Waals surface area contributed by atoms with Crippen molar-refractivity contribution in [1.82, 2.24) is 19.7 Å². The molecule has 1 saturated carbocycles. The molecule has 1 aromatic heterocycles. The van der Waals surface area contributed by atoms with Crippen LogP contribution in [0.3, 0.4) is 0 Å². The lowest BCUT2D eigenvalue weighted by atomic mass is 9.65. The van der Waals surface area contributed by atoms with Crippen molar-refractivity contribution in [3.8, 4) is 0 Å². The van der Waals surface area contributed by atoms with Gasteiger partial charge in [-0.05, 0) is 56.2 Å². The van der Waals surface area contributed by atoms with Crippen LogP contribution in [0, 0.1) is 16.7 Å². The molecule has 4 rings (SSSR count). The van der Waals surface area contributed by atoms with Gasteiger partial charge in [0.25, 0.3) is 5.91 Å². The number of nitrogens with zero attached hydrogens (tertiary/aromatic N) is 4. The number of hydrogen-bond acceptors (Lipinski definition) is 4. The molecule has 2 amide bonds. The summed E-state index contributed by atoms with van der Waals surface area (Å²) in [4.78, 5) is 36.0. The zero-order valence-electron chi connectivity index (χ0n) is 16.6. The van der Waals surface area contributed by atoms with Crippen LogP contribution in [0.1, 0.15) is 36.0 Å². The Morgan fingerprint density at radius 3 is 2.56 bits per heavy atom. The van der Waals surface area contributed by atoms with E-state index >= 15 is 0 Å². The maximum Gasteiger partial charge on any atom is 0.255 e. The molecule has 1 aliphatic carbocycles. The van der Waals surface area contributed by atoms with Crippen molar-refractivity contribution >= 4 is 11.8 Å². The van der Waals surface area contributed by atoms with Gasteiger partial charge in [0, 0.05) is 52.7 Å². The minimum Gasteiger partial charge on any atom is -0.348 e. The highest BCUT2D eigenvalue weighted by Gasteiger charge is 2.64. The molecule has 1 aromatic rings. The van der Waals surface area contributed by atoms with Gasteiger partial charge < -0.3 is 14.7 Å². The molecule has 6 heteroatoms. The highest BCUT2D eigenvalue weighted by Crippen LogP contribution is 2.62. The molecule has 3 heterocycles. The topological polar surface area (TPSA) is 56.8 Å². The number of rotatable bonds is 2. The van der Waals surface area contributed by atoms with Gasteiger partial charge in [-0.1, -0.05) is 0 Å². The van der Waals surface area contributed by atoms with E-state index in [1.54, 1.807) is 17.3 Å². The van der Waals surface area contributed by atoms with E-state index in [2.05, 4.69) is 16.9 Å². The third-order valence-corrected chi connectivity index (χ3v) is 7.31. The number of carbonyl (C=O) groups is 2. The SMILES string of the molecule is CN1C[C@@H]2C3(CCN(C(=O)c4cccnc4)CC3)CC[C@]2(C(=O)N(C)C)C1. The number of pyridine rings is 1. The van der Waals surface area contributed by atoms with Crippen LogP contribution in [-0.4, -0.2) is 78.8 Å². The van der Waals surface area contributed by atoms with Crippen LogP contribution in [0.15, 0.2) is 24.5 Å². The first-order valence-electron chi connectivity index (χ1n) is 9.98. The van der Waals surface area contributed by atoms with E-state index in [1.165, 1.54) is 0 Å². The molecule has 0 bridgehead atoms. The average molecular weight is 370 g/mol. The zero-order valence-corrected chi connectivity index (χ0v) is 16.6. The fourth-order valence-corrected chi connectivity index (χ4v) is 6.02. The summed E-state index contributed by atoms with van der Waals surface area (Å²) in [5, 5.41) is 0. The van der Waals surface area contributed by atoms with E-state index in [0.717, 1.165) is 51.9 Å². The summed E-state index contributed by atoms with van der Waals surface area (Å²) in [6.07, 6.45) is 7.43. The quantitative estimate of drug-likeness (QED) is 0.796. The predicted octanol–water partition coefficient (Wildman–Crippen LogP) is 1.73. The second-order valence-corrected chi connectivity index (χ2v) is 9.00. The summed E-state index contributed by atoms with van der Waals surface area (Å²) in [6.45, 7) is 3.42. The third-order valence-electron chi connectivity index (χ3n) is 7.31. The molecule has 27 heavy (non-hydrogen) atoms. The summed E-state index contributed by atoms with van der Waals surface area (Å²) in [7, 11) is 5.90. The van der Waals surface area contributed by atoms with Gasteiger partial charge in [-0.2, -0.15) is 0 Å². The fraction of sp³-hybridized carbons (Fsp3) is 0.667. The molecule has 0 unspecified atom stereocenters. The number of piperidine rings is 1. The Balaban J connectivity index is 1.51. The van der Waals surface area contributed by atoms with Crippen molar-refractivity contribution in [3.63, 3.8) is 0 Å². The lowest BCUT2D eigenvalue weighted by Gasteiger charge is -2.44. The highest BCUT2D eigenvalue weighted by atomic mass is 16.2. The summed E-state index contributed by atoms with van der Waals surface area (Å²) < 4.78 is 0. The van der Waals surface area contributed by atoms with Crippen molar-refractivity contribution in [2.45, 2.75) is 25.7 Å². The number of hydrogen-bond donors (Lipinski definition) is 0. The molecule has 2 atom stereocenters. The lowest BCUT2D eigenvalue weighted by molar-refractivity contribution is -0.141. The van der Waals surface area contributed by atoms with Crippen molar-refractivity contribution in [2.75, 3.05) is 47.3 Å². The molecule has 3 aliphatic rings. The van der Waals surface area contributed by atoms with Crippen LogP contribution >= 0.6 is 0 Å². The number of fused-ring (bicyclic) bond motifs is 2. The van der Waals surface area contributed by atoms with Gasteiger partial charge in [-0.3, -0.25) is 14.6 Å². The molecular weight excluding hydrogens is 340 g/mol. The first-order chi connectivity index (χ1) is 12.9. The van der Waals surface area contributed by atoms with Crippen LogP contribution < -0.4 is 0 Å². The average Bonchev–Trinajstić information content (AvgIpc) is 3.17. The summed E-state index contributed by atoms with van der Waals surface area (Å²) in [5.41, 5.74) is 0.633. The molecule has 3 fully saturated rings. The van der Waals surface area contributed by atoms with Gasteiger partial charge in [0.15, 0.2) is 0 Å². The monoisotopic (exact) mass is 370 g/mol. The van der Waals surface area contributed by atoms with E-state index in [-0.39, 0.29) is 16.7 Å². The molecule has 6 nitrogen and oxygen atoms in total. The standard InChI is InChI=1S/C21H30N4O2/c1-23(2)19(27)21-7-6-20(17(21)14-24(3)15-21)8-11-25(12-9-20)18(26)16-5-4-10-22-13-16/h4-5,10,13,17H,6-9,11-12,14-15H2,1-3H3/t17-,21+/m1/s1. The highest BCUT2D eigenvalue weighted by molar-refractivity contribution is 5.94. The predicted molar refractivity (Wildman–Crippen MR) is 103 cm³/mol. The number of carbonyl (C=O) groups excluding carboxylic acids is 2. The zero-order chi connectivity index (χ0) is 19.2. The van der Waals surface area contributed by atoms with Crippen LogP contribution in [0.5, 0.6) is 0 Å². The minimum atomic E-state index is -0.228. The second kappa shape index (κ2) is 6.59. The number of aromatic nitrogens is 1. The smallest absolute Gasteiger partial charge is 0.255 e. The molecule has 0 aromatic carbocycles. The van der Waals surface area contributed by atoms with Crippen molar-refractivity contribution in [1.29, 1.82) is 0 Å². The largest absolute Gasteiger partial charge is 0.348 e. The van der Waals surface area contributed by atoms with Crippen molar-refractivity contribution in [3.05, 3.63) is 30.1 Å². The Morgan fingerprint density at radius 2 is 1.93 bits per heavy atom. The first kappa shape index (κ1) is 18.4. The third kappa shape index (κ3) is 2.85. The van der Waals surface area contributed by atoms with E-state index in [4.69, 9.17) is 0 Å². The summed E-state index contributed by atoms with van der Waals surface area (Å²) in [5.74, 6) is 0.776. The van der Waals surface area contributed by atoms with Gasteiger partial charge in [0.05, 0.1) is 11.0 Å². The Labute approximate surface area is 161 Å². The van der Waals surface area contributed by atoms with Gasteiger partial charge in [0.1, 0.15) is 0 Å². The summed E-state index contributed by atoms with van der Waals surface area (Å²) >= 11 is 0. The molecular formula is C21H30N4O2. The molecule has 2 aliphatic heterocycles. The van der Waals surface area contributed by atoms with E-state index in [0.29, 0.717) is 17.4 Å². The Bertz CT molecular complexity index is 727. The Kier molecular flexibility index (Phi) is 4.49. The first-order valence-corrected chi connectivity index (χ1v) is 9.98. The number of likely N-dealkylation sites (tertiary alicyclic amines) is 2. The molecule has 1 spiro atoms.